The summed E-state index contributed by atoms with van der Waals surface area (Å²) in [6, 6.07) is 3.55. The van der Waals surface area contributed by atoms with Crippen LogP contribution in [-0.4, -0.2) is 16.2 Å². The van der Waals surface area contributed by atoms with Gasteiger partial charge in [0.05, 0.1) is 10.9 Å². The van der Waals surface area contributed by atoms with E-state index in [0.29, 0.717) is 16.0 Å². The molecule has 0 fully saturated rings. The number of phenols is 1. The quantitative estimate of drug-likeness (QED) is 0.890. The Morgan fingerprint density at radius 2 is 2.07 bits per heavy atom. The molecule has 0 radical (unpaired) electrons. The number of aliphatic carboxylic acids is 1. The van der Waals surface area contributed by atoms with Crippen LogP contribution in [0, 0.1) is 0 Å². The second-order valence-electron chi connectivity index (χ2n) is 3.74. The van der Waals surface area contributed by atoms with Crippen molar-refractivity contribution in [1.29, 1.82) is 0 Å². The number of hydrogen-bond acceptors (Lipinski definition) is 2. The first kappa shape index (κ1) is 12.0. The minimum atomic E-state index is -0.946. The van der Waals surface area contributed by atoms with Crippen molar-refractivity contribution in [2.45, 2.75) is 26.2 Å². The summed E-state index contributed by atoms with van der Waals surface area (Å²) >= 11 is 3.21. The van der Waals surface area contributed by atoms with Crippen LogP contribution < -0.4 is 0 Å². The monoisotopic (exact) mass is 272 g/mol. The minimum Gasteiger partial charge on any atom is -0.506 e. The molecule has 15 heavy (non-hydrogen) atoms. The number of rotatable bonds is 3. The van der Waals surface area contributed by atoms with Gasteiger partial charge in [0.25, 0.3) is 0 Å². The second-order valence-corrected chi connectivity index (χ2v) is 4.59. The van der Waals surface area contributed by atoms with Crippen LogP contribution in [0.1, 0.15) is 30.9 Å². The molecule has 2 N–H and O–H groups in total. The molecule has 82 valence electrons. The molecule has 0 unspecified atom stereocenters. The van der Waals surface area contributed by atoms with Gasteiger partial charge in [-0.05, 0) is 33.5 Å². The first-order valence-electron chi connectivity index (χ1n) is 4.65. The van der Waals surface area contributed by atoms with Crippen LogP contribution >= 0.6 is 15.9 Å². The van der Waals surface area contributed by atoms with E-state index in [0.717, 1.165) is 5.56 Å². The number of aromatic hydroxyl groups is 1. The average Bonchev–Trinajstić information content (AvgIpc) is 2.11. The Bertz CT molecular complexity index is 386. The number of carbonyl (C=O) groups is 1. The van der Waals surface area contributed by atoms with E-state index in [1.807, 2.05) is 19.9 Å². The molecule has 0 spiro atoms. The lowest BCUT2D eigenvalue weighted by atomic mass is 9.99. The molecule has 4 heteroatoms. The molecule has 0 aliphatic carbocycles. The fourth-order valence-electron chi connectivity index (χ4n) is 1.31. The van der Waals surface area contributed by atoms with Gasteiger partial charge in [0.2, 0.25) is 0 Å². The molecule has 3 nitrogen and oxygen atoms in total. The maximum Gasteiger partial charge on any atom is 0.307 e. The largest absolute Gasteiger partial charge is 0.506 e. The Balaban J connectivity index is 3.18. The van der Waals surface area contributed by atoms with Crippen molar-refractivity contribution >= 4 is 21.9 Å². The summed E-state index contributed by atoms with van der Waals surface area (Å²) in [5, 5.41) is 18.3. The minimum absolute atomic E-state index is 0.0156. The highest BCUT2D eigenvalue weighted by molar-refractivity contribution is 9.10. The first-order chi connectivity index (χ1) is 6.91. The molecule has 0 atom stereocenters. The zero-order valence-electron chi connectivity index (χ0n) is 8.62. The van der Waals surface area contributed by atoms with Gasteiger partial charge in [0.15, 0.2) is 0 Å². The predicted molar refractivity (Wildman–Crippen MR) is 61.2 cm³/mol. The van der Waals surface area contributed by atoms with Crippen LogP contribution in [0.5, 0.6) is 5.75 Å². The van der Waals surface area contributed by atoms with Gasteiger partial charge in [-0.25, -0.2) is 0 Å². The summed E-state index contributed by atoms with van der Waals surface area (Å²) in [5.41, 5.74) is 1.46. The number of phenolic OH excluding ortho intramolecular Hbond substituents is 1. The third-order valence-corrected chi connectivity index (χ3v) is 2.78. The van der Waals surface area contributed by atoms with Crippen LogP contribution in [0.3, 0.4) is 0 Å². The molecular weight excluding hydrogens is 260 g/mol. The van der Waals surface area contributed by atoms with Crippen LogP contribution in [0.15, 0.2) is 16.6 Å². The number of carboxylic acid groups (broad SMARTS) is 1. The zero-order chi connectivity index (χ0) is 11.6. The molecule has 1 rings (SSSR count). The van der Waals surface area contributed by atoms with Gasteiger partial charge >= 0.3 is 5.97 Å². The van der Waals surface area contributed by atoms with E-state index in [9.17, 15) is 9.90 Å². The van der Waals surface area contributed by atoms with E-state index in [1.165, 1.54) is 0 Å². The lowest BCUT2D eigenvalue weighted by Gasteiger charge is -2.10. The van der Waals surface area contributed by atoms with Gasteiger partial charge in [-0.15, -0.1) is 0 Å². The van der Waals surface area contributed by atoms with Crippen LogP contribution in [0.4, 0.5) is 0 Å². The average molecular weight is 273 g/mol. The van der Waals surface area contributed by atoms with Crippen LogP contribution in [0.2, 0.25) is 0 Å². The van der Waals surface area contributed by atoms with Crippen molar-refractivity contribution in [2.75, 3.05) is 0 Å². The molecule has 0 saturated heterocycles. The lowest BCUT2D eigenvalue weighted by Crippen LogP contribution is -2.02. The molecule has 0 aromatic heterocycles. The number of carboxylic acids is 1. The van der Waals surface area contributed by atoms with Crippen LogP contribution in [0.25, 0.3) is 0 Å². The molecular formula is C11H13BrO3. The summed E-state index contributed by atoms with van der Waals surface area (Å²) in [5.74, 6) is -0.630. The van der Waals surface area contributed by atoms with E-state index in [-0.39, 0.29) is 12.2 Å². The van der Waals surface area contributed by atoms with Gasteiger partial charge in [-0.2, -0.15) is 0 Å². The molecule has 0 heterocycles. The maximum atomic E-state index is 10.6. The summed E-state index contributed by atoms with van der Waals surface area (Å²) in [7, 11) is 0. The van der Waals surface area contributed by atoms with Gasteiger partial charge in [0, 0.05) is 5.56 Å². The van der Waals surface area contributed by atoms with E-state index in [4.69, 9.17) is 5.11 Å². The standard InChI is InChI=1S/C11H13BrO3/c1-6(2)7-3-8(5-10(13)14)11(15)9(12)4-7/h3-4,6,15H,5H2,1-2H3,(H,13,14). The van der Waals surface area contributed by atoms with Crippen molar-refractivity contribution in [3.8, 4) is 5.75 Å². The summed E-state index contributed by atoms with van der Waals surface area (Å²) in [6.45, 7) is 4.03. The maximum absolute atomic E-state index is 10.6. The molecule has 0 amide bonds. The Morgan fingerprint density at radius 1 is 1.47 bits per heavy atom. The Labute approximate surface area is 96.9 Å². The summed E-state index contributed by atoms with van der Waals surface area (Å²) in [4.78, 5) is 10.6. The van der Waals surface area contributed by atoms with Gasteiger partial charge < -0.3 is 10.2 Å². The molecule has 0 bridgehead atoms. The summed E-state index contributed by atoms with van der Waals surface area (Å²) < 4.78 is 0.546. The SMILES string of the molecule is CC(C)c1cc(Br)c(O)c(CC(=O)O)c1. The highest BCUT2D eigenvalue weighted by Crippen LogP contribution is 2.32. The van der Waals surface area contributed by atoms with E-state index in [2.05, 4.69) is 15.9 Å². The fourth-order valence-corrected chi connectivity index (χ4v) is 1.83. The second kappa shape index (κ2) is 4.66. The van der Waals surface area contributed by atoms with Crippen molar-refractivity contribution in [2.24, 2.45) is 0 Å². The normalized spacial score (nSPS) is 10.7. The number of halogens is 1. The highest BCUT2D eigenvalue weighted by atomic mass is 79.9. The van der Waals surface area contributed by atoms with E-state index >= 15 is 0 Å². The Morgan fingerprint density at radius 3 is 2.53 bits per heavy atom. The third-order valence-electron chi connectivity index (χ3n) is 2.17. The number of benzene rings is 1. The van der Waals surface area contributed by atoms with Gasteiger partial charge in [0.1, 0.15) is 5.75 Å². The predicted octanol–water partition coefficient (Wildman–Crippen LogP) is 2.91. The highest BCUT2D eigenvalue weighted by Gasteiger charge is 2.12. The third kappa shape index (κ3) is 2.96. The molecule has 1 aromatic carbocycles. The van der Waals surface area contributed by atoms with Gasteiger partial charge in [-0.3, -0.25) is 4.79 Å². The first-order valence-corrected chi connectivity index (χ1v) is 5.44. The topological polar surface area (TPSA) is 57.5 Å². The smallest absolute Gasteiger partial charge is 0.307 e. The fraction of sp³-hybridized carbons (Fsp3) is 0.364. The van der Waals surface area contributed by atoms with Gasteiger partial charge in [-0.1, -0.05) is 19.9 Å². The van der Waals surface area contributed by atoms with Crippen molar-refractivity contribution in [1.82, 2.24) is 0 Å². The number of hydrogen-bond donors (Lipinski definition) is 2. The Kier molecular flexibility index (Phi) is 3.74. The Hall–Kier alpha value is -1.03. The van der Waals surface area contributed by atoms with Crippen molar-refractivity contribution in [3.63, 3.8) is 0 Å². The molecule has 0 aliphatic rings. The zero-order valence-corrected chi connectivity index (χ0v) is 10.2. The molecule has 1 aromatic rings. The lowest BCUT2D eigenvalue weighted by molar-refractivity contribution is -0.136. The van der Waals surface area contributed by atoms with Crippen molar-refractivity contribution in [3.05, 3.63) is 27.7 Å². The molecule has 0 saturated carbocycles. The molecule has 0 aliphatic heterocycles. The van der Waals surface area contributed by atoms with E-state index < -0.39 is 5.97 Å². The van der Waals surface area contributed by atoms with Crippen molar-refractivity contribution < 1.29 is 15.0 Å². The van der Waals surface area contributed by atoms with Crippen LogP contribution in [-0.2, 0) is 11.2 Å². The summed E-state index contributed by atoms with van der Waals surface area (Å²) in [6.07, 6.45) is -0.162. The van der Waals surface area contributed by atoms with E-state index in [1.54, 1.807) is 6.07 Å².